The van der Waals surface area contributed by atoms with E-state index in [0.29, 0.717) is 11.8 Å². The Morgan fingerprint density at radius 1 is 1.07 bits per heavy atom. The Kier molecular flexibility index (Phi) is 6.00. The number of benzene rings is 2. The van der Waals surface area contributed by atoms with Crippen molar-refractivity contribution in [3.8, 4) is 5.75 Å². The predicted molar refractivity (Wildman–Crippen MR) is 115 cm³/mol. The molecule has 0 atom stereocenters. The molecule has 1 fully saturated rings. The quantitative estimate of drug-likeness (QED) is 0.590. The van der Waals surface area contributed by atoms with Crippen molar-refractivity contribution in [3.63, 3.8) is 0 Å². The van der Waals surface area contributed by atoms with Gasteiger partial charge in [-0.05, 0) is 66.8 Å². The summed E-state index contributed by atoms with van der Waals surface area (Å²) in [7, 11) is 0. The second-order valence-electron chi connectivity index (χ2n) is 6.66. The number of nitrogens with zero attached hydrogens (tertiary/aromatic N) is 1. The largest absolute Gasteiger partial charge is 0.490 e. The standard InChI is InChI=1S/C22H21NO2S2/c24-21-20(23-22(27-21)26-15-17-6-2-1-3-7-17)14-16-10-12-19(13-11-16)25-18-8-4-5-9-18/h1-3,6-7,10-14,18H,4-5,8-9,15H2. The van der Waals surface area contributed by atoms with Crippen LogP contribution in [0.3, 0.4) is 0 Å². The number of ether oxygens (including phenoxy) is 1. The highest BCUT2D eigenvalue weighted by Gasteiger charge is 2.22. The van der Waals surface area contributed by atoms with Crippen LogP contribution in [0.15, 0.2) is 65.3 Å². The molecule has 0 N–H and O–H groups in total. The summed E-state index contributed by atoms with van der Waals surface area (Å²) in [5.41, 5.74) is 2.71. The van der Waals surface area contributed by atoms with E-state index in [1.54, 1.807) is 11.8 Å². The second kappa shape index (κ2) is 8.81. The number of thioether (sulfide) groups is 2. The van der Waals surface area contributed by atoms with Crippen LogP contribution in [0.25, 0.3) is 6.08 Å². The zero-order valence-corrected chi connectivity index (χ0v) is 16.6. The van der Waals surface area contributed by atoms with Crippen molar-refractivity contribution in [1.82, 2.24) is 0 Å². The molecule has 0 unspecified atom stereocenters. The maximum Gasteiger partial charge on any atom is 0.244 e. The van der Waals surface area contributed by atoms with E-state index in [-0.39, 0.29) is 5.12 Å². The van der Waals surface area contributed by atoms with Crippen molar-refractivity contribution in [2.75, 3.05) is 0 Å². The van der Waals surface area contributed by atoms with Gasteiger partial charge in [0.05, 0.1) is 6.10 Å². The maximum absolute atomic E-state index is 12.2. The smallest absolute Gasteiger partial charge is 0.244 e. The van der Waals surface area contributed by atoms with Crippen LogP contribution in [0.4, 0.5) is 0 Å². The van der Waals surface area contributed by atoms with Crippen LogP contribution >= 0.6 is 23.5 Å². The molecule has 5 heteroatoms. The lowest BCUT2D eigenvalue weighted by atomic mass is 10.2. The summed E-state index contributed by atoms with van der Waals surface area (Å²) in [5.74, 6) is 1.72. The van der Waals surface area contributed by atoms with Crippen LogP contribution in [-0.2, 0) is 10.5 Å². The Balaban J connectivity index is 1.38. The minimum atomic E-state index is 0.0110. The fourth-order valence-corrected chi connectivity index (χ4v) is 4.97. The summed E-state index contributed by atoms with van der Waals surface area (Å²) < 4.78 is 6.81. The van der Waals surface area contributed by atoms with Crippen LogP contribution in [0.1, 0.15) is 36.8 Å². The molecule has 0 spiro atoms. The van der Waals surface area contributed by atoms with Gasteiger partial charge in [0, 0.05) is 5.75 Å². The van der Waals surface area contributed by atoms with E-state index >= 15 is 0 Å². The van der Waals surface area contributed by atoms with Gasteiger partial charge in [-0.15, -0.1) is 0 Å². The van der Waals surface area contributed by atoms with Gasteiger partial charge < -0.3 is 4.74 Å². The molecule has 0 aromatic heterocycles. The van der Waals surface area contributed by atoms with Gasteiger partial charge in [0.15, 0.2) is 0 Å². The average Bonchev–Trinajstić information content (AvgIpc) is 3.32. The second-order valence-corrected chi connectivity index (χ2v) is 8.85. The first-order valence-corrected chi connectivity index (χ1v) is 11.0. The van der Waals surface area contributed by atoms with Crippen molar-refractivity contribution in [2.24, 2.45) is 4.99 Å². The van der Waals surface area contributed by atoms with Crippen LogP contribution in [0.5, 0.6) is 5.75 Å². The summed E-state index contributed by atoms with van der Waals surface area (Å²) >= 11 is 2.82. The van der Waals surface area contributed by atoms with Crippen LogP contribution in [0, 0.1) is 0 Å². The van der Waals surface area contributed by atoms with E-state index in [2.05, 4.69) is 17.1 Å². The SMILES string of the molecule is O=C1SC(SCc2ccccc2)=NC1=Cc1ccc(OC2CCCC2)cc1. The van der Waals surface area contributed by atoms with Crippen LogP contribution in [-0.4, -0.2) is 15.6 Å². The Morgan fingerprint density at radius 2 is 1.81 bits per heavy atom. The summed E-state index contributed by atoms with van der Waals surface area (Å²) in [6.45, 7) is 0. The van der Waals surface area contributed by atoms with E-state index in [0.717, 1.165) is 34.3 Å². The third-order valence-electron chi connectivity index (χ3n) is 4.59. The molecule has 1 aliphatic heterocycles. The van der Waals surface area contributed by atoms with Crippen LogP contribution < -0.4 is 4.74 Å². The van der Waals surface area contributed by atoms with Crippen molar-refractivity contribution in [3.05, 3.63) is 71.4 Å². The molecular formula is C22H21NO2S2. The average molecular weight is 396 g/mol. The van der Waals surface area contributed by atoms with Crippen molar-refractivity contribution in [1.29, 1.82) is 0 Å². The fourth-order valence-electron chi connectivity index (χ4n) is 3.17. The molecular weight excluding hydrogens is 374 g/mol. The minimum Gasteiger partial charge on any atom is -0.490 e. The molecule has 4 rings (SSSR count). The number of hydrogen-bond donors (Lipinski definition) is 0. The zero-order valence-electron chi connectivity index (χ0n) is 15.0. The normalized spacial score (nSPS) is 18.9. The van der Waals surface area contributed by atoms with Gasteiger partial charge in [0.25, 0.3) is 0 Å². The highest BCUT2D eigenvalue weighted by Crippen LogP contribution is 2.33. The summed E-state index contributed by atoms with van der Waals surface area (Å²) in [6.07, 6.45) is 7.03. The van der Waals surface area contributed by atoms with Gasteiger partial charge in [0.2, 0.25) is 5.12 Å². The fraction of sp³-hybridized carbons (Fsp3) is 0.273. The lowest BCUT2D eigenvalue weighted by molar-refractivity contribution is -0.107. The number of carbonyl (C=O) groups excluding carboxylic acids is 1. The summed E-state index contributed by atoms with van der Waals surface area (Å²) in [6, 6.07) is 18.1. The molecule has 2 aromatic carbocycles. The van der Waals surface area contributed by atoms with Gasteiger partial charge >= 0.3 is 0 Å². The molecule has 2 aromatic rings. The third kappa shape index (κ3) is 5.05. The van der Waals surface area contributed by atoms with E-state index in [4.69, 9.17) is 4.74 Å². The summed E-state index contributed by atoms with van der Waals surface area (Å²) in [5, 5.41) is 0.0110. The lowest BCUT2D eigenvalue weighted by Gasteiger charge is -2.12. The third-order valence-corrected chi connectivity index (χ3v) is 6.67. The van der Waals surface area contributed by atoms with Crippen molar-refractivity contribution < 1.29 is 9.53 Å². The molecule has 2 aliphatic rings. The lowest BCUT2D eigenvalue weighted by Crippen LogP contribution is -2.10. The highest BCUT2D eigenvalue weighted by molar-refractivity contribution is 8.45. The first-order chi connectivity index (χ1) is 13.3. The molecule has 0 saturated heterocycles. The topological polar surface area (TPSA) is 38.7 Å². The monoisotopic (exact) mass is 395 g/mol. The molecule has 0 amide bonds. The van der Waals surface area contributed by atoms with E-state index in [1.807, 2.05) is 48.5 Å². The highest BCUT2D eigenvalue weighted by atomic mass is 32.2. The van der Waals surface area contributed by atoms with Gasteiger partial charge in [-0.2, -0.15) is 0 Å². The Bertz CT molecular complexity index is 854. The predicted octanol–water partition coefficient (Wildman–Crippen LogP) is 5.91. The van der Waals surface area contributed by atoms with Gasteiger partial charge in [-0.1, -0.05) is 54.2 Å². The number of hydrogen-bond acceptors (Lipinski definition) is 5. The number of aliphatic imine (C=N–C) groups is 1. The van der Waals surface area contributed by atoms with Crippen molar-refractivity contribution in [2.45, 2.75) is 37.5 Å². The summed E-state index contributed by atoms with van der Waals surface area (Å²) in [4.78, 5) is 16.7. The van der Waals surface area contributed by atoms with E-state index in [1.165, 1.54) is 30.2 Å². The molecule has 0 radical (unpaired) electrons. The Labute approximate surface area is 168 Å². The number of carbonyl (C=O) groups is 1. The van der Waals surface area contributed by atoms with Gasteiger partial charge in [0.1, 0.15) is 15.8 Å². The van der Waals surface area contributed by atoms with E-state index < -0.39 is 0 Å². The van der Waals surface area contributed by atoms with Crippen LogP contribution in [0.2, 0.25) is 0 Å². The first kappa shape index (κ1) is 18.4. The Morgan fingerprint density at radius 3 is 2.56 bits per heavy atom. The first-order valence-electron chi connectivity index (χ1n) is 9.22. The molecule has 138 valence electrons. The number of rotatable bonds is 5. The van der Waals surface area contributed by atoms with Gasteiger partial charge in [-0.25, -0.2) is 4.99 Å². The van der Waals surface area contributed by atoms with Gasteiger partial charge in [-0.3, -0.25) is 4.79 Å². The molecule has 3 nitrogen and oxygen atoms in total. The van der Waals surface area contributed by atoms with E-state index in [9.17, 15) is 4.79 Å². The Hall–Kier alpha value is -1.98. The molecule has 1 aliphatic carbocycles. The molecule has 27 heavy (non-hydrogen) atoms. The molecule has 1 heterocycles. The minimum absolute atomic E-state index is 0.0110. The van der Waals surface area contributed by atoms with Crippen molar-refractivity contribution >= 4 is 39.1 Å². The molecule has 0 bridgehead atoms. The maximum atomic E-state index is 12.2. The molecule has 1 saturated carbocycles. The zero-order chi connectivity index (χ0) is 18.5.